The molecular weight excluding hydrogens is 386 g/mol. The van der Waals surface area contributed by atoms with Crippen molar-refractivity contribution >= 4 is 17.9 Å². The zero-order chi connectivity index (χ0) is 22.2. The van der Waals surface area contributed by atoms with Gasteiger partial charge >= 0.3 is 6.09 Å². The van der Waals surface area contributed by atoms with Crippen molar-refractivity contribution in [3.63, 3.8) is 0 Å². The number of fused-ring (bicyclic) bond motifs is 1. The fourth-order valence-corrected chi connectivity index (χ4v) is 4.21. The van der Waals surface area contributed by atoms with Crippen LogP contribution < -0.4 is 5.32 Å². The largest absolute Gasteiger partial charge is 0.444 e. The fraction of sp³-hybridized carbons (Fsp3) is 0.762. The minimum atomic E-state index is -0.629. The molecule has 3 heterocycles. The molecule has 1 atom stereocenters. The van der Waals surface area contributed by atoms with E-state index in [0.29, 0.717) is 19.8 Å². The molecule has 1 unspecified atom stereocenters. The minimum Gasteiger partial charge on any atom is -0.444 e. The van der Waals surface area contributed by atoms with Crippen LogP contribution in [0.3, 0.4) is 0 Å². The number of ether oxygens (including phenoxy) is 1. The number of rotatable bonds is 4. The highest BCUT2D eigenvalue weighted by Gasteiger charge is 2.41. The molecule has 9 heteroatoms. The number of hydrogen-bond acceptors (Lipinski definition) is 6. The topological polar surface area (TPSA) is 85.4 Å². The van der Waals surface area contributed by atoms with E-state index in [1.807, 2.05) is 36.9 Å². The van der Waals surface area contributed by atoms with Gasteiger partial charge in [-0.1, -0.05) is 13.8 Å². The van der Waals surface area contributed by atoms with Gasteiger partial charge in [0.2, 0.25) is 5.91 Å². The van der Waals surface area contributed by atoms with E-state index in [9.17, 15) is 14.4 Å². The summed E-state index contributed by atoms with van der Waals surface area (Å²) >= 11 is 0. The molecule has 0 spiro atoms. The quantitative estimate of drug-likeness (QED) is 0.738. The molecule has 168 valence electrons. The van der Waals surface area contributed by atoms with Gasteiger partial charge in [-0.2, -0.15) is 0 Å². The number of nitrogens with zero attached hydrogens (tertiary/aromatic N) is 4. The Kier molecular flexibility index (Phi) is 6.19. The predicted octanol–water partition coefficient (Wildman–Crippen LogP) is 1.37. The van der Waals surface area contributed by atoms with Crippen molar-refractivity contribution in [3.8, 4) is 0 Å². The maximum atomic E-state index is 13.1. The van der Waals surface area contributed by atoms with Crippen molar-refractivity contribution in [3.05, 3.63) is 11.9 Å². The number of hydrogen-bond donors (Lipinski definition) is 1. The Hall–Kier alpha value is -2.45. The van der Waals surface area contributed by atoms with E-state index in [-0.39, 0.29) is 23.8 Å². The minimum absolute atomic E-state index is 0.0565. The van der Waals surface area contributed by atoms with Gasteiger partial charge in [0.15, 0.2) is 0 Å². The van der Waals surface area contributed by atoms with Gasteiger partial charge in [0.1, 0.15) is 17.3 Å². The van der Waals surface area contributed by atoms with Crippen LogP contribution in [0.25, 0.3) is 0 Å². The Labute approximate surface area is 179 Å². The Morgan fingerprint density at radius 3 is 2.33 bits per heavy atom. The van der Waals surface area contributed by atoms with Gasteiger partial charge in [0.25, 0.3) is 5.91 Å². The van der Waals surface area contributed by atoms with Gasteiger partial charge in [-0.3, -0.25) is 9.59 Å². The van der Waals surface area contributed by atoms with Crippen molar-refractivity contribution in [2.24, 2.45) is 5.92 Å². The second-order valence-corrected chi connectivity index (χ2v) is 9.79. The monoisotopic (exact) mass is 421 g/mol. The van der Waals surface area contributed by atoms with E-state index >= 15 is 0 Å². The third-order valence-corrected chi connectivity index (χ3v) is 5.70. The third-order valence-electron chi connectivity index (χ3n) is 5.70. The number of alkyl carbamates (subject to hydrolysis) is 1. The Morgan fingerprint density at radius 2 is 1.80 bits per heavy atom. The number of amides is 3. The molecule has 3 rings (SSSR count). The summed E-state index contributed by atoms with van der Waals surface area (Å²) in [6, 6.07) is -0.495. The molecule has 9 nitrogen and oxygen atoms in total. The Morgan fingerprint density at radius 1 is 1.17 bits per heavy atom. The lowest BCUT2D eigenvalue weighted by atomic mass is 9.99. The molecule has 3 aliphatic rings. The van der Waals surface area contributed by atoms with Crippen LogP contribution in [-0.4, -0.2) is 88.7 Å². The summed E-state index contributed by atoms with van der Waals surface area (Å²) in [5.74, 6) is -0.0678. The van der Waals surface area contributed by atoms with E-state index in [1.54, 1.807) is 25.7 Å². The second kappa shape index (κ2) is 8.35. The third kappa shape index (κ3) is 4.82. The lowest BCUT2D eigenvalue weighted by Crippen LogP contribution is -2.55. The van der Waals surface area contributed by atoms with Crippen molar-refractivity contribution in [1.29, 1.82) is 0 Å². The molecule has 0 aliphatic carbocycles. The lowest BCUT2D eigenvalue weighted by molar-refractivity contribution is -0.137. The van der Waals surface area contributed by atoms with Crippen LogP contribution in [0.2, 0.25) is 0 Å². The predicted molar refractivity (Wildman–Crippen MR) is 112 cm³/mol. The SMILES string of the molecule is CC(C)C(NC(=O)OC(C)(C)C)C(=O)N1CCC(N2CN3CN(C)C=C3C2=O)CC1. The number of carbonyl (C=O) groups is 3. The Bertz CT molecular complexity index is 721. The first-order valence-electron chi connectivity index (χ1n) is 10.7. The second-order valence-electron chi connectivity index (χ2n) is 9.79. The van der Waals surface area contributed by atoms with Crippen LogP contribution in [0.15, 0.2) is 11.9 Å². The molecule has 3 aliphatic heterocycles. The summed E-state index contributed by atoms with van der Waals surface area (Å²) in [6.07, 6.45) is 2.81. The molecule has 0 radical (unpaired) electrons. The van der Waals surface area contributed by atoms with E-state index in [1.165, 1.54) is 0 Å². The van der Waals surface area contributed by atoms with Crippen LogP contribution in [0.1, 0.15) is 47.5 Å². The Balaban J connectivity index is 1.55. The summed E-state index contributed by atoms with van der Waals surface area (Å²) in [6.45, 7) is 11.7. The van der Waals surface area contributed by atoms with Crippen molar-refractivity contribution in [1.82, 2.24) is 24.9 Å². The summed E-state index contributed by atoms with van der Waals surface area (Å²) in [5.41, 5.74) is 0.144. The number of carbonyl (C=O) groups excluding carboxylic acids is 3. The first-order valence-corrected chi connectivity index (χ1v) is 10.7. The molecule has 0 aromatic rings. The molecular formula is C21H35N5O4. The molecule has 1 N–H and O–H groups in total. The van der Waals surface area contributed by atoms with Gasteiger partial charge in [-0.15, -0.1) is 0 Å². The van der Waals surface area contributed by atoms with Crippen LogP contribution in [0.5, 0.6) is 0 Å². The summed E-state index contributed by atoms with van der Waals surface area (Å²) < 4.78 is 5.32. The van der Waals surface area contributed by atoms with Crippen molar-refractivity contribution in [2.45, 2.75) is 65.1 Å². The standard InChI is InChI=1S/C21H35N5O4/c1-14(2)17(22-20(29)30-21(3,4)5)19(28)24-9-7-15(8-10-24)26-13-25-12-23(6)11-16(25)18(26)27/h11,14-15,17H,7-10,12-13H2,1-6H3,(H,22,29). The van der Waals surface area contributed by atoms with Crippen LogP contribution >= 0.6 is 0 Å². The molecule has 30 heavy (non-hydrogen) atoms. The maximum Gasteiger partial charge on any atom is 0.408 e. The lowest BCUT2D eigenvalue weighted by Gasteiger charge is -2.38. The average Bonchev–Trinajstić information content (AvgIpc) is 3.15. The summed E-state index contributed by atoms with van der Waals surface area (Å²) in [4.78, 5) is 45.8. The summed E-state index contributed by atoms with van der Waals surface area (Å²) in [5, 5.41) is 2.74. The van der Waals surface area contributed by atoms with E-state index < -0.39 is 17.7 Å². The van der Waals surface area contributed by atoms with E-state index in [2.05, 4.69) is 10.2 Å². The first kappa shape index (κ1) is 22.2. The highest BCUT2D eigenvalue weighted by Crippen LogP contribution is 2.29. The average molecular weight is 422 g/mol. The summed E-state index contributed by atoms with van der Waals surface area (Å²) in [7, 11) is 1.96. The van der Waals surface area contributed by atoms with Crippen molar-refractivity contribution in [2.75, 3.05) is 33.5 Å². The van der Waals surface area contributed by atoms with Gasteiger partial charge in [0.05, 0.1) is 13.3 Å². The van der Waals surface area contributed by atoms with Gasteiger partial charge < -0.3 is 29.7 Å². The fourth-order valence-electron chi connectivity index (χ4n) is 4.21. The normalized spacial score (nSPS) is 21.2. The smallest absolute Gasteiger partial charge is 0.408 e. The van der Waals surface area contributed by atoms with Gasteiger partial charge in [0, 0.05) is 32.4 Å². The molecule has 2 saturated heterocycles. The zero-order valence-corrected chi connectivity index (χ0v) is 19.0. The van der Waals surface area contributed by atoms with E-state index in [0.717, 1.165) is 25.2 Å². The molecule has 3 amide bonds. The van der Waals surface area contributed by atoms with Gasteiger partial charge in [-0.05, 0) is 39.5 Å². The first-order chi connectivity index (χ1) is 14.0. The molecule has 0 bridgehead atoms. The van der Waals surface area contributed by atoms with Crippen LogP contribution in [0, 0.1) is 5.92 Å². The molecule has 0 saturated carbocycles. The maximum absolute atomic E-state index is 13.1. The van der Waals surface area contributed by atoms with Crippen molar-refractivity contribution < 1.29 is 19.1 Å². The molecule has 0 aromatic heterocycles. The molecule has 0 aromatic carbocycles. The van der Waals surface area contributed by atoms with Crippen LogP contribution in [-0.2, 0) is 14.3 Å². The highest BCUT2D eigenvalue weighted by molar-refractivity contribution is 5.95. The van der Waals surface area contributed by atoms with Gasteiger partial charge in [-0.25, -0.2) is 4.79 Å². The highest BCUT2D eigenvalue weighted by atomic mass is 16.6. The van der Waals surface area contributed by atoms with E-state index in [4.69, 9.17) is 4.74 Å². The van der Waals surface area contributed by atoms with Crippen LogP contribution in [0.4, 0.5) is 4.79 Å². The number of likely N-dealkylation sites (tertiary alicyclic amines) is 1. The molecule has 2 fully saturated rings. The number of piperidine rings is 1. The zero-order valence-electron chi connectivity index (χ0n) is 19.0. The number of nitrogens with one attached hydrogen (secondary N) is 1.